The SMILES string of the molecule is CC(N)=CC(=S)Nc1cc(N[C@H](Cc2cccs2)C(N)=O)ccc1C(N)=O. The molecule has 9 heteroatoms. The summed E-state index contributed by atoms with van der Waals surface area (Å²) in [5.41, 5.74) is 18.4. The van der Waals surface area contributed by atoms with Crippen molar-refractivity contribution in [1.82, 2.24) is 0 Å². The predicted octanol–water partition coefficient (Wildman–Crippen LogP) is 1.96. The Labute approximate surface area is 166 Å². The van der Waals surface area contributed by atoms with Crippen molar-refractivity contribution in [3.05, 3.63) is 57.9 Å². The first-order valence-electron chi connectivity index (χ1n) is 8.03. The van der Waals surface area contributed by atoms with Gasteiger partial charge >= 0.3 is 0 Å². The summed E-state index contributed by atoms with van der Waals surface area (Å²) < 4.78 is 0. The van der Waals surface area contributed by atoms with Gasteiger partial charge in [0.15, 0.2) is 0 Å². The van der Waals surface area contributed by atoms with Gasteiger partial charge in [0.1, 0.15) is 11.0 Å². The predicted molar refractivity (Wildman–Crippen MR) is 114 cm³/mol. The van der Waals surface area contributed by atoms with E-state index in [2.05, 4.69) is 10.6 Å². The molecule has 1 aromatic heterocycles. The van der Waals surface area contributed by atoms with Gasteiger partial charge in [0.25, 0.3) is 5.91 Å². The largest absolute Gasteiger partial charge is 0.402 e. The molecule has 1 aromatic carbocycles. The van der Waals surface area contributed by atoms with Crippen molar-refractivity contribution in [2.24, 2.45) is 17.2 Å². The van der Waals surface area contributed by atoms with Crippen molar-refractivity contribution in [2.45, 2.75) is 19.4 Å². The van der Waals surface area contributed by atoms with Gasteiger partial charge in [0.2, 0.25) is 5.91 Å². The molecule has 8 N–H and O–H groups in total. The fourth-order valence-corrected chi connectivity index (χ4v) is 3.43. The lowest BCUT2D eigenvalue weighted by Gasteiger charge is -2.18. The number of primary amides is 2. The number of nitrogens with one attached hydrogen (secondary N) is 2. The van der Waals surface area contributed by atoms with Crippen LogP contribution in [0.5, 0.6) is 0 Å². The molecule has 2 aromatic rings. The van der Waals surface area contributed by atoms with E-state index in [1.54, 1.807) is 42.5 Å². The van der Waals surface area contributed by atoms with Crippen LogP contribution in [0, 0.1) is 0 Å². The molecule has 0 aliphatic heterocycles. The first kappa shape index (κ1) is 20.4. The fourth-order valence-electron chi connectivity index (χ4n) is 2.38. The minimum atomic E-state index is -0.606. The molecule has 0 unspecified atom stereocenters. The van der Waals surface area contributed by atoms with Crippen LogP contribution < -0.4 is 27.8 Å². The Morgan fingerprint density at radius 3 is 2.56 bits per heavy atom. The van der Waals surface area contributed by atoms with Crippen molar-refractivity contribution >= 4 is 51.7 Å². The monoisotopic (exact) mass is 403 g/mol. The summed E-state index contributed by atoms with van der Waals surface area (Å²) >= 11 is 6.74. The molecule has 27 heavy (non-hydrogen) atoms. The average molecular weight is 404 g/mol. The number of benzene rings is 1. The normalized spacial score (nSPS) is 12.3. The topological polar surface area (TPSA) is 136 Å². The summed E-state index contributed by atoms with van der Waals surface area (Å²) in [6.45, 7) is 1.70. The van der Waals surface area contributed by atoms with Crippen LogP contribution in [0.15, 0.2) is 47.5 Å². The molecule has 7 nitrogen and oxygen atoms in total. The van der Waals surface area contributed by atoms with Crippen LogP contribution in [0.2, 0.25) is 0 Å². The maximum atomic E-state index is 11.8. The van der Waals surface area contributed by atoms with Crippen LogP contribution in [0.25, 0.3) is 0 Å². The number of rotatable bonds is 8. The molecular weight excluding hydrogens is 382 g/mol. The van der Waals surface area contributed by atoms with Crippen molar-refractivity contribution in [3.8, 4) is 0 Å². The van der Waals surface area contributed by atoms with E-state index in [0.717, 1.165) is 4.88 Å². The summed E-state index contributed by atoms with van der Waals surface area (Å²) in [6.07, 6.45) is 2.02. The number of thiocarbonyl (C=S) groups is 1. The van der Waals surface area contributed by atoms with E-state index >= 15 is 0 Å². The molecule has 0 bridgehead atoms. The lowest BCUT2D eigenvalue weighted by Crippen LogP contribution is -2.37. The number of carbonyl (C=O) groups excluding carboxylic acids is 2. The van der Waals surface area contributed by atoms with Crippen LogP contribution in [0.4, 0.5) is 11.4 Å². The number of hydrogen-bond acceptors (Lipinski definition) is 6. The summed E-state index contributed by atoms with van der Waals surface area (Å²) in [7, 11) is 0. The molecule has 0 radical (unpaired) electrons. The zero-order valence-electron chi connectivity index (χ0n) is 14.7. The van der Waals surface area contributed by atoms with Gasteiger partial charge in [-0.1, -0.05) is 18.3 Å². The Bertz CT molecular complexity index is 874. The minimum absolute atomic E-state index is 0.264. The second-order valence-corrected chi connectivity index (χ2v) is 7.36. The number of nitrogens with two attached hydrogens (primary N) is 3. The zero-order valence-corrected chi connectivity index (χ0v) is 16.3. The molecule has 0 saturated heterocycles. The quantitative estimate of drug-likeness (QED) is 0.338. The molecule has 0 aliphatic carbocycles. The van der Waals surface area contributed by atoms with E-state index in [9.17, 15) is 9.59 Å². The van der Waals surface area contributed by atoms with Gasteiger partial charge in [-0.3, -0.25) is 9.59 Å². The molecular formula is C18H21N5O2S2. The Morgan fingerprint density at radius 1 is 1.26 bits per heavy atom. The fraction of sp³-hybridized carbons (Fsp3) is 0.167. The van der Waals surface area contributed by atoms with Crippen LogP contribution in [0.3, 0.4) is 0 Å². The number of carbonyl (C=O) groups is 2. The van der Waals surface area contributed by atoms with Crippen molar-refractivity contribution in [2.75, 3.05) is 10.6 Å². The summed E-state index contributed by atoms with van der Waals surface area (Å²) in [4.78, 5) is 24.9. The number of anilines is 2. The van der Waals surface area contributed by atoms with Crippen LogP contribution in [-0.4, -0.2) is 22.8 Å². The highest BCUT2D eigenvalue weighted by atomic mass is 32.1. The molecule has 2 amide bonds. The third-order valence-corrected chi connectivity index (χ3v) is 4.69. The molecule has 2 rings (SSSR count). The summed E-state index contributed by atoms with van der Waals surface area (Å²) in [5, 5.41) is 7.96. The second-order valence-electron chi connectivity index (χ2n) is 5.88. The van der Waals surface area contributed by atoms with E-state index in [0.29, 0.717) is 28.5 Å². The highest BCUT2D eigenvalue weighted by Crippen LogP contribution is 2.23. The minimum Gasteiger partial charge on any atom is -0.402 e. The van der Waals surface area contributed by atoms with Gasteiger partial charge < -0.3 is 27.8 Å². The number of thiophene rings is 1. The molecule has 0 spiro atoms. The molecule has 0 fully saturated rings. The Balaban J connectivity index is 2.26. The van der Waals surface area contributed by atoms with Gasteiger partial charge in [-0.05, 0) is 42.6 Å². The van der Waals surface area contributed by atoms with Crippen LogP contribution in [0.1, 0.15) is 22.2 Å². The Morgan fingerprint density at radius 2 is 2.00 bits per heavy atom. The maximum absolute atomic E-state index is 11.8. The highest BCUT2D eigenvalue weighted by Gasteiger charge is 2.18. The van der Waals surface area contributed by atoms with Crippen molar-refractivity contribution < 1.29 is 9.59 Å². The third-order valence-electron chi connectivity index (χ3n) is 3.57. The average Bonchev–Trinajstić information content (AvgIpc) is 3.06. The van der Waals surface area contributed by atoms with E-state index in [1.807, 2.05) is 17.5 Å². The van der Waals surface area contributed by atoms with Gasteiger partial charge in [0, 0.05) is 22.7 Å². The standard InChI is InChI=1S/C18H21N5O2S2/c1-10(19)7-16(26)23-14-8-11(4-5-13(14)17(20)24)22-15(18(21)25)9-12-3-2-6-27-12/h2-8,15,22H,9,19H2,1H3,(H2,20,24)(H2,21,25)(H,23,26)/t15-/m1/s1. The summed E-state index contributed by atoms with van der Waals surface area (Å²) in [5.74, 6) is -1.08. The molecule has 1 atom stereocenters. The molecule has 142 valence electrons. The maximum Gasteiger partial charge on any atom is 0.250 e. The van der Waals surface area contributed by atoms with E-state index in [-0.39, 0.29) is 5.56 Å². The highest BCUT2D eigenvalue weighted by molar-refractivity contribution is 7.81. The lowest BCUT2D eigenvalue weighted by atomic mass is 10.1. The molecule has 0 saturated carbocycles. The number of allylic oxidation sites excluding steroid dienone is 1. The first-order chi connectivity index (χ1) is 12.8. The van der Waals surface area contributed by atoms with Crippen LogP contribution >= 0.6 is 23.6 Å². The number of hydrogen-bond donors (Lipinski definition) is 5. The third kappa shape index (κ3) is 6.08. The summed E-state index contributed by atoms with van der Waals surface area (Å²) in [6, 6.07) is 8.10. The molecule has 0 aliphatic rings. The van der Waals surface area contributed by atoms with Gasteiger partial charge in [-0.2, -0.15) is 0 Å². The molecule has 1 heterocycles. The van der Waals surface area contributed by atoms with Crippen LogP contribution in [-0.2, 0) is 11.2 Å². The second kappa shape index (κ2) is 9.15. The smallest absolute Gasteiger partial charge is 0.250 e. The number of amides is 2. The Kier molecular flexibility index (Phi) is 6.91. The van der Waals surface area contributed by atoms with Gasteiger partial charge in [0.05, 0.1) is 11.3 Å². The van der Waals surface area contributed by atoms with E-state index in [4.69, 9.17) is 29.4 Å². The van der Waals surface area contributed by atoms with Crippen molar-refractivity contribution in [1.29, 1.82) is 0 Å². The van der Waals surface area contributed by atoms with E-state index in [1.165, 1.54) is 0 Å². The van der Waals surface area contributed by atoms with E-state index < -0.39 is 17.9 Å². The van der Waals surface area contributed by atoms with Crippen molar-refractivity contribution in [3.63, 3.8) is 0 Å². The van der Waals surface area contributed by atoms with Gasteiger partial charge in [-0.25, -0.2) is 0 Å². The first-order valence-corrected chi connectivity index (χ1v) is 9.32. The van der Waals surface area contributed by atoms with Gasteiger partial charge in [-0.15, -0.1) is 11.3 Å². The lowest BCUT2D eigenvalue weighted by molar-refractivity contribution is -0.118. The zero-order chi connectivity index (χ0) is 20.0. The Hall–Kier alpha value is -2.91.